The van der Waals surface area contributed by atoms with Gasteiger partial charge in [-0.1, -0.05) is 6.92 Å². The maximum atomic E-state index is 4.48. The Morgan fingerprint density at radius 2 is 2.29 bits per heavy atom. The third-order valence-electron chi connectivity index (χ3n) is 2.80. The zero-order chi connectivity index (χ0) is 12.3. The Balaban J connectivity index is 2.35. The molecule has 0 radical (unpaired) electrons. The van der Waals surface area contributed by atoms with Gasteiger partial charge in [0.2, 0.25) is 0 Å². The lowest BCUT2D eigenvalue weighted by molar-refractivity contribution is 0.571. The fraction of sp³-hybridized carbons (Fsp3) is 0.500. The molecule has 5 heteroatoms. The van der Waals surface area contributed by atoms with Crippen LogP contribution in [0.1, 0.15) is 35.8 Å². The lowest BCUT2D eigenvalue weighted by atomic mass is 10.2. The third-order valence-corrected chi connectivity index (χ3v) is 3.80. The Labute approximate surface area is 106 Å². The van der Waals surface area contributed by atoms with Gasteiger partial charge in [-0.2, -0.15) is 0 Å². The zero-order valence-electron chi connectivity index (χ0n) is 10.5. The maximum absolute atomic E-state index is 4.48. The van der Waals surface area contributed by atoms with Crippen molar-refractivity contribution in [3.63, 3.8) is 0 Å². The van der Waals surface area contributed by atoms with Crippen molar-refractivity contribution in [2.75, 3.05) is 7.05 Å². The number of aromatic nitrogens is 3. The molecule has 92 valence electrons. The molecule has 0 aliphatic heterocycles. The van der Waals surface area contributed by atoms with Gasteiger partial charge >= 0.3 is 0 Å². The molecule has 0 bridgehead atoms. The summed E-state index contributed by atoms with van der Waals surface area (Å²) >= 11 is 1.68. The first kappa shape index (κ1) is 12.3. The van der Waals surface area contributed by atoms with E-state index in [0.717, 1.165) is 24.5 Å². The minimum atomic E-state index is 0.143. The standard InChI is InChI=1S/C12H18N4S/c1-4-6-16-7-5-14-12(16)10(13-3)11-9(2)15-8-17-11/h5,7-8,10,13H,4,6H2,1-3H3. The average Bonchev–Trinajstić information content (AvgIpc) is 2.92. The molecule has 2 rings (SSSR count). The van der Waals surface area contributed by atoms with Gasteiger partial charge in [-0.15, -0.1) is 11.3 Å². The summed E-state index contributed by atoms with van der Waals surface area (Å²) in [5.74, 6) is 1.07. The monoisotopic (exact) mass is 250 g/mol. The van der Waals surface area contributed by atoms with Crippen LogP contribution in [-0.2, 0) is 6.54 Å². The van der Waals surface area contributed by atoms with Crippen molar-refractivity contribution in [2.24, 2.45) is 0 Å². The molecule has 0 aliphatic carbocycles. The fourth-order valence-electron chi connectivity index (χ4n) is 1.98. The first-order chi connectivity index (χ1) is 8.27. The molecule has 1 atom stereocenters. The Hall–Kier alpha value is -1.20. The summed E-state index contributed by atoms with van der Waals surface area (Å²) in [6.07, 6.45) is 5.02. The Kier molecular flexibility index (Phi) is 3.91. The van der Waals surface area contributed by atoms with Crippen LogP contribution in [0.2, 0.25) is 0 Å². The second-order valence-electron chi connectivity index (χ2n) is 4.00. The molecule has 0 saturated carbocycles. The van der Waals surface area contributed by atoms with Gasteiger partial charge in [0.15, 0.2) is 0 Å². The fourth-order valence-corrected chi connectivity index (χ4v) is 2.88. The van der Waals surface area contributed by atoms with Crippen molar-refractivity contribution in [3.8, 4) is 0 Å². The summed E-state index contributed by atoms with van der Waals surface area (Å²) in [5.41, 5.74) is 2.97. The van der Waals surface area contributed by atoms with E-state index in [1.54, 1.807) is 11.3 Å². The highest BCUT2D eigenvalue weighted by atomic mass is 32.1. The van der Waals surface area contributed by atoms with Crippen molar-refractivity contribution in [1.29, 1.82) is 0 Å². The number of nitrogens with one attached hydrogen (secondary N) is 1. The van der Waals surface area contributed by atoms with Crippen LogP contribution in [0, 0.1) is 6.92 Å². The van der Waals surface area contributed by atoms with E-state index in [0.29, 0.717) is 0 Å². The van der Waals surface area contributed by atoms with E-state index in [2.05, 4.69) is 26.8 Å². The molecule has 0 aromatic carbocycles. The van der Waals surface area contributed by atoms with E-state index in [1.165, 1.54) is 4.88 Å². The van der Waals surface area contributed by atoms with Gasteiger partial charge in [-0.3, -0.25) is 0 Å². The molecule has 2 aromatic heterocycles. The Morgan fingerprint density at radius 1 is 1.47 bits per heavy atom. The van der Waals surface area contributed by atoms with Crippen LogP contribution < -0.4 is 5.32 Å². The number of nitrogens with zero attached hydrogens (tertiary/aromatic N) is 3. The van der Waals surface area contributed by atoms with Crippen LogP contribution in [0.4, 0.5) is 0 Å². The molecule has 2 heterocycles. The molecule has 0 aliphatic rings. The van der Waals surface area contributed by atoms with Crippen molar-refractivity contribution >= 4 is 11.3 Å². The molecule has 1 N–H and O–H groups in total. The molecule has 1 unspecified atom stereocenters. The topological polar surface area (TPSA) is 42.7 Å². The van der Waals surface area contributed by atoms with Gasteiger partial charge in [-0.25, -0.2) is 9.97 Å². The van der Waals surface area contributed by atoms with E-state index in [4.69, 9.17) is 0 Å². The highest BCUT2D eigenvalue weighted by molar-refractivity contribution is 7.09. The lowest BCUT2D eigenvalue weighted by Crippen LogP contribution is -2.22. The van der Waals surface area contributed by atoms with Crippen molar-refractivity contribution < 1.29 is 0 Å². The molecular weight excluding hydrogens is 232 g/mol. The van der Waals surface area contributed by atoms with Crippen molar-refractivity contribution in [2.45, 2.75) is 32.9 Å². The summed E-state index contributed by atoms with van der Waals surface area (Å²) in [6, 6.07) is 0.143. The number of thiazole rings is 1. The Bertz CT molecular complexity index is 474. The number of hydrogen-bond acceptors (Lipinski definition) is 4. The van der Waals surface area contributed by atoms with Gasteiger partial charge in [0.25, 0.3) is 0 Å². The van der Waals surface area contributed by atoms with E-state index >= 15 is 0 Å². The highest BCUT2D eigenvalue weighted by Gasteiger charge is 2.20. The highest BCUT2D eigenvalue weighted by Crippen LogP contribution is 2.26. The summed E-state index contributed by atoms with van der Waals surface area (Å²) in [7, 11) is 1.97. The number of aryl methyl sites for hydroxylation is 2. The predicted molar refractivity (Wildman–Crippen MR) is 70.3 cm³/mol. The molecule has 0 saturated heterocycles. The zero-order valence-corrected chi connectivity index (χ0v) is 11.3. The maximum Gasteiger partial charge on any atom is 0.131 e. The number of imidazole rings is 1. The second-order valence-corrected chi connectivity index (χ2v) is 4.89. The molecule has 2 aromatic rings. The molecule has 17 heavy (non-hydrogen) atoms. The summed E-state index contributed by atoms with van der Waals surface area (Å²) in [6.45, 7) is 5.23. The summed E-state index contributed by atoms with van der Waals surface area (Å²) in [4.78, 5) is 10.0. The largest absolute Gasteiger partial charge is 0.333 e. The third kappa shape index (κ3) is 2.40. The number of rotatable bonds is 5. The Morgan fingerprint density at radius 3 is 2.88 bits per heavy atom. The molecule has 0 amide bonds. The van der Waals surface area contributed by atoms with Crippen LogP contribution in [0.15, 0.2) is 17.9 Å². The van der Waals surface area contributed by atoms with Crippen LogP contribution in [-0.4, -0.2) is 21.6 Å². The molecular formula is C12H18N4S. The molecule has 0 fully saturated rings. The molecule has 0 spiro atoms. The van der Waals surface area contributed by atoms with Gasteiger partial charge in [0.1, 0.15) is 11.9 Å². The number of hydrogen-bond donors (Lipinski definition) is 1. The lowest BCUT2D eigenvalue weighted by Gasteiger charge is -2.16. The van der Waals surface area contributed by atoms with E-state index in [1.807, 2.05) is 31.9 Å². The van der Waals surface area contributed by atoms with E-state index in [-0.39, 0.29) is 6.04 Å². The smallest absolute Gasteiger partial charge is 0.131 e. The summed E-state index contributed by atoms with van der Waals surface area (Å²) < 4.78 is 2.21. The predicted octanol–water partition coefficient (Wildman–Crippen LogP) is 2.37. The quantitative estimate of drug-likeness (QED) is 0.886. The SMILES string of the molecule is CCCn1ccnc1C(NC)c1scnc1C. The first-order valence-corrected chi connectivity index (χ1v) is 6.74. The van der Waals surface area contributed by atoms with E-state index in [9.17, 15) is 0 Å². The minimum Gasteiger partial charge on any atom is -0.333 e. The van der Waals surface area contributed by atoms with Crippen molar-refractivity contribution in [1.82, 2.24) is 19.9 Å². The van der Waals surface area contributed by atoms with Gasteiger partial charge in [0, 0.05) is 18.9 Å². The first-order valence-electron chi connectivity index (χ1n) is 5.86. The van der Waals surface area contributed by atoms with Gasteiger partial charge < -0.3 is 9.88 Å². The minimum absolute atomic E-state index is 0.143. The van der Waals surface area contributed by atoms with Crippen molar-refractivity contribution in [3.05, 3.63) is 34.3 Å². The van der Waals surface area contributed by atoms with Crippen LogP contribution in [0.3, 0.4) is 0 Å². The summed E-state index contributed by atoms with van der Waals surface area (Å²) in [5, 5.41) is 3.33. The van der Waals surface area contributed by atoms with Gasteiger partial charge in [0.05, 0.1) is 16.1 Å². The van der Waals surface area contributed by atoms with Crippen LogP contribution in [0.5, 0.6) is 0 Å². The average molecular weight is 250 g/mol. The second kappa shape index (κ2) is 5.42. The van der Waals surface area contributed by atoms with Crippen LogP contribution >= 0.6 is 11.3 Å². The van der Waals surface area contributed by atoms with Gasteiger partial charge in [-0.05, 0) is 20.4 Å². The van der Waals surface area contributed by atoms with Crippen LogP contribution in [0.25, 0.3) is 0 Å². The normalized spacial score (nSPS) is 12.9. The molecule has 4 nitrogen and oxygen atoms in total. The van der Waals surface area contributed by atoms with E-state index < -0.39 is 0 Å².